The van der Waals surface area contributed by atoms with Crippen molar-refractivity contribution in [1.82, 2.24) is 29.6 Å². The summed E-state index contributed by atoms with van der Waals surface area (Å²) in [6, 6.07) is 1.90. The van der Waals surface area contributed by atoms with Crippen molar-refractivity contribution in [3.63, 3.8) is 0 Å². The molecule has 2 unspecified atom stereocenters. The van der Waals surface area contributed by atoms with Crippen LogP contribution in [0.2, 0.25) is 0 Å². The molecule has 3 aromatic heterocycles. The molecule has 0 spiro atoms. The van der Waals surface area contributed by atoms with Crippen LogP contribution >= 0.6 is 0 Å². The number of aromatic nitrogens is 5. The molecule has 31 heavy (non-hydrogen) atoms. The van der Waals surface area contributed by atoms with Gasteiger partial charge in [0.15, 0.2) is 0 Å². The highest BCUT2D eigenvalue weighted by Gasteiger charge is 2.45. The molecule has 5 rings (SSSR count). The topological polar surface area (TPSA) is 93.1 Å². The van der Waals surface area contributed by atoms with Crippen LogP contribution in [-0.2, 0) is 4.74 Å². The van der Waals surface area contributed by atoms with Gasteiger partial charge in [0.05, 0.1) is 54.9 Å². The molecule has 9 nitrogen and oxygen atoms in total. The monoisotopic (exact) mass is 429 g/mol. The summed E-state index contributed by atoms with van der Waals surface area (Å²) in [7, 11) is 0. The molecule has 5 heterocycles. The van der Waals surface area contributed by atoms with Crippen LogP contribution in [0.25, 0.3) is 11.0 Å². The summed E-state index contributed by atoms with van der Waals surface area (Å²) in [5.41, 5.74) is 0.903. The predicted octanol–water partition coefficient (Wildman–Crippen LogP) is 2.98. The molecule has 10 heteroatoms. The Kier molecular flexibility index (Phi) is 5.05. The number of piperidine rings is 1. The second-order valence-corrected chi connectivity index (χ2v) is 8.48. The van der Waals surface area contributed by atoms with E-state index in [4.69, 9.17) is 9.47 Å². The molecule has 0 amide bonds. The first-order valence-electron chi connectivity index (χ1n) is 10.8. The number of nitrogens with one attached hydrogen (secondary N) is 2. The number of hydrogen-bond acceptors (Lipinski definition) is 7. The average molecular weight is 430 g/mol. The number of alkyl halides is 1. The molecule has 2 aliphatic heterocycles. The Labute approximate surface area is 179 Å². The Bertz CT molecular complexity index is 1080. The highest BCUT2D eigenvalue weighted by Crippen LogP contribution is 2.38. The van der Waals surface area contributed by atoms with Crippen molar-refractivity contribution < 1.29 is 13.9 Å². The first-order valence-corrected chi connectivity index (χ1v) is 10.8. The lowest BCUT2D eigenvalue weighted by Gasteiger charge is -2.46. The lowest BCUT2D eigenvalue weighted by Crippen LogP contribution is -2.58. The van der Waals surface area contributed by atoms with E-state index in [0.29, 0.717) is 56.3 Å². The van der Waals surface area contributed by atoms with Crippen LogP contribution < -0.4 is 10.1 Å². The number of ether oxygens (including phenoxy) is 2. The molecule has 0 aliphatic carbocycles. The average Bonchev–Trinajstić information content (AvgIpc) is 3.28. The van der Waals surface area contributed by atoms with Crippen LogP contribution in [0.15, 0.2) is 18.5 Å². The van der Waals surface area contributed by atoms with Crippen molar-refractivity contribution in [2.45, 2.75) is 44.9 Å². The Balaban J connectivity index is 1.37. The van der Waals surface area contributed by atoms with Crippen molar-refractivity contribution in [3.8, 4) is 5.88 Å². The van der Waals surface area contributed by atoms with E-state index in [0.717, 1.165) is 23.3 Å². The quantitative estimate of drug-likeness (QED) is 0.622. The summed E-state index contributed by atoms with van der Waals surface area (Å²) < 4.78 is 28.4. The van der Waals surface area contributed by atoms with Gasteiger partial charge in [0.2, 0.25) is 11.8 Å². The molecule has 2 saturated heterocycles. The molecule has 0 bridgehead atoms. The van der Waals surface area contributed by atoms with Crippen molar-refractivity contribution in [2.24, 2.45) is 0 Å². The van der Waals surface area contributed by atoms with E-state index in [1.165, 1.54) is 0 Å². The van der Waals surface area contributed by atoms with Gasteiger partial charge in [-0.2, -0.15) is 15.1 Å². The smallest absolute Gasteiger partial charge is 0.232 e. The van der Waals surface area contributed by atoms with E-state index >= 15 is 4.39 Å². The van der Waals surface area contributed by atoms with Crippen molar-refractivity contribution in [3.05, 3.63) is 24.2 Å². The van der Waals surface area contributed by atoms with Crippen molar-refractivity contribution in [1.29, 1.82) is 0 Å². The molecular formula is C21H28FN7O2. The van der Waals surface area contributed by atoms with E-state index < -0.39 is 5.67 Å². The van der Waals surface area contributed by atoms with Gasteiger partial charge >= 0.3 is 0 Å². The van der Waals surface area contributed by atoms with Crippen LogP contribution in [0.1, 0.15) is 32.0 Å². The van der Waals surface area contributed by atoms with Gasteiger partial charge in [-0.05, 0) is 33.3 Å². The fraction of sp³-hybridized carbons (Fsp3) is 0.571. The molecular weight excluding hydrogens is 401 g/mol. The van der Waals surface area contributed by atoms with Crippen LogP contribution in [-0.4, -0.2) is 74.3 Å². The normalized spacial score (nSPS) is 25.0. The highest BCUT2D eigenvalue weighted by molar-refractivity contribution is 5.82. The van der Waals surface area contributed by atoms with Gasteiger partial charge in [-0.25, -0.2) is 4.39 Å². The van der Waals surface area contributed by atoms with Gasteiger partial charge in [-0.1, -0.05) is 0 Å². The van der Waals surface area contributed by atoms with Crippen LogP contribution in [0.4, 0.5) is 16.0 Å². The third kappa shape index (κ3) is 3.63. The summed E-state index contributed by atoms with van der Waals surface area (Å²) in [4.78, 5) is 14.3. The summed E-state index contributed by atoms with van der Waals surface area (Å²) in [5.74, 6) is 0.925. The van der Waals surface area contributed by atoms with Gasteiger partial charge in [0.1, 0.15) is 11.3 Å². The van der Waals surface area contributed by atoms with E-state index in [1.807, 2.05) is 19.9 Å². The zero-order chi connectivity index (χ0) is 21.6. The lowest BCUT2D eigenvalue weighted by molar-refractivity contribution is -0.102. The Morgan fingerprint density at radius 3 is 2.94 bits per heavy atom. The van der Waals surface area contributed by atoms with Crippen molar-refractivity contribution in [2.75, 3.05) is 38.2 Å². The zero-order valence-electron chi connectivity index (χ0n) is 18.1. The summed E-state index contributed by atoms with van der Waals surface area (Å²) in [5, 5.41) is 8.58. The molecule has 2 aliphatic rings. The van der Waals surface area contributed by atoms with E-state index in [2.05, 4.69) is 30.3 Å². The van der Waals surface area contributed by atoms with Gasteiger partial charge in [-0.3, -0.25) is 9.58 Å². The first kappa shape index (κ1) is 20.2. The molecule has 2 atom stereocenters. The molecule has 2 N–H and O–H groups in total. The van der Waals surface area contributed by atoms with Gasteiger partial charge in [0.25, 0.3) is 0 Å². The van der Waals surface area contributed by atoms with Crippen LogP contribution in [0.5, 0.6) is 5.88 Å². The molecule has 2 fully saturated rings. The first-order chi connectivity index (χ1) is 15.0. The molecule has 166 valence electrons. The maximum Gasteiger partial charge on any atom is 0.232 e. The second kappa shape index (κ2) is 7.76. The van der Waals surface area contributed by atoms with E-state index in [-0.39, 0.29) is 6.04 Å². The fourth-order valence-electron chi connectivity index (χ4n) is 4.49. The largest absolute Gasteiger partial charge is 0.477 e. The van der Waals surface area contributed by atoms with Gasteiger partial charge < -0.3 is 19.8 Å². The van der Waals surface area contributed by atoms with E-state index in [1.54, 1.807) is 24.0 Å². The SMILES string of the molecule is CCOc1nc(Nc2cnn(C3CCN(C4COC4)CC3(C)F)c2C)nc2[nH]ccc12. The number of halogens is 1. The zero-order valence-corrected chi connectivity index (χ0v) is 18.1. The number of fused-ring (bicyclic) bond motifs is 1. The van der Waals surface area contributed by atoms with E-state index in [9.17, 15) is 0 Å². The van der Waals surface area contributed by atoms with Crippen molar-refractivity contribution >= 4 is 22.7 Å². The number of anilines is 2. The number of nitrogens with zero attached hydrogens (tertiary/aromatic N) is 5. The third-order valence-corrected chi connectivity index (χ3v) is 6.28. The van der Waals surface area contributed by atoms with Gasteiger partial charge in [0, 0.05) is 19.3 Å². The predicted molar refractivity (Wildman–Crippen MR) is 115 cm³/mol. The minimum absolute atomic E-state index is 0.328. The van der Waals surface area contributed by atoms with Gasteiger partial charge in [-0.15, -0.1) is 0 Å². The Morgan fingerprint density at radius 1 is 1.39 bits per heavy atom. The molecule has 0 saturated carbocycles. The van der Waals surface area contributed by atoms with Crippen LogP contribution in [0, 0.1) is 6.92 Å². The maximum absolute atomic E-state index is 15.7. The number of rotatable bonds is 6. The Morgan fingerprint density at radius 2 is 2.23 bits per heavy atom. The summed E-state index contributed by atoms with van der Waals surface area (Å²) >= 11 is 0. The standard InChI is InChI=1S/C21H28FN7O2/c1-4-31-19-15-5-7-23-18(15)26-20(27-19)25-16-9-24-29(13(16)2)17-6-8-28(12-21(17,3)22)14-10-30-11-14/h5,7,9,14,17H,4,6,8,10-12H2,1-3H3,(H2,23,25,26,27). The second-order valence-electron chi connectivity index (χ2n) is 8.48. The summed E-state index contributed by atoms with van der Waals surface area (Å²) in [6.07, 6.45) is 4.21. The fourth-order valence-corrected chi connectivity index (χ4v) is 4.49. The summed E-state index contributed by atoms with van der Waals surface area (Å²) in [6.45, 7) is 8.66. The maximum atomic E-state index is 15.7. The highest BCUT2D eigenvalue weighted by atomic mass is 19.1. The number of hydrogen-bond donors (Lipinski definition) is 2. The molecule has 3 aromatic rings. The Hall–Kier alpha value is -2.72. The molecule has 0 radical (unpaired) electrons. The third-order valence-electron chi connectivity index (χ3n) is 6.28. The molecule has 0 aromatic carbocycles. The number of aromatic amines is 1. The minimum Gasteiger partial charge on any atom is -0.477 e. The number of likely N-dealkylation sites (tertiary alicyclic amines) is 1. The van der Waals surface area contributed by atoms with Crippen LogP contribution in [0.3, 0.4) is 0 Å². The number of H-pyrrole nitrogens is 1. The lowest BCUT2D eigenvalue weighted by atomic mass is 9.89. The minimum atomic E-state index is -1.39.